The highest BCUT2D eigenvalue weighted by Crippen LogP contribution is 2.34. The molecule has 58 heavy (non-hydrogen) atoms. The molecule has 2 aromatic carbocycles. The number of carbonyl (C=O) groups excluding carboxylic acids is 4. The van der Waals surface area contributed by atoms with Crippen molar-refractivity contribution in [3.05, 3.63) is 83.7 Å². The van der Waals surface area contributed by atoms with Gasteiger partial charge in [-0.2, -0.15) is 0 Å². The minimum Gasteiger partial charge on any atom is -0.453 e. The summed E-state index contributed by atoms with van der Waals surface area (Å²) in [5.74, 6) is 8.10. The summed E-state index contributed by atoms with van der Waals surface area (Å²) in [5, 5.41) is 5.44. The van der Waals surface area contributed by atoms with E-state index in [1.165, 1.54) is 14.2 Å². The normalized spacial score (nSPS) is 17.4. The molecule has 2 fully saturated rings. The van der Waals surface area contributed by atoms with Gasteiger partial charge in [0.25, 0.3) is 0 Å². The summed E-state index contributed by atoms with van der Waals surface area (Å²) in [6, 6.07) is 14.1. The molecule has 2 saturated heterocycles. The Labute approximate surface area is 339 Å². The summed E-state index contributed by atoms with van der Waals surface area (Å²) in [6.07, 6.45) is 6.63. The number of alkyl carbamates (subject to hydrolysis) is 2. The number of aromatic amines is 2. The third-order valence-electron chi connectivity index (χ3n) is 10.6. The SMILES string of the molecule is COC(=O)NC(CC(C)C)C(=O)N1CCCC1c1ncc(-c2ccc(C#Cc3ccc(-c4cnc(C5CCCN5C(=O)C(CC(C)C)NC(=O)OC)[nH]4)cc3)cc2)[nH]1. The summed E-state index contributed by atoms with van der Waals surface area (Å²) in [7, 11) is 2.59. The van der Waals surface area contributed by atoms with Crippen molar-refractivity contribution in [2.24, 2.45) is 11.8 Å². The quantitative estimate of drug-likeness (QED) is 0.114. The average Bonchev–Trinajstić information content (AvgIpc) is 4.06. The number of nitrogens with one attached hydrogen (secondary N) is 4. The largest absolute Gasteiger partial charge is 0.453 e. The first-order chi connectivity index (χ1) is 27.9. The van der Waals surface area contributed by atoms with Crippen LogP contribution in [0.25, 0.3) is 22.5 Å². The fourth-order valence-electron chi connectivity index (χ4n) is 7.73. The van der Waals surface area contributed by atoms with E-state index in [4.69, 9.17) is 9.47 Å². The van der Waals surface area contributed by atoms with Crippen LogP contribution in [0, 0.1) is 23.7 Å². The molecule has 0 spiro atoms. The van der Waals surface area contributed by atoms with Gasteiger partial charge in [-0.25, -0.2) is 19.6 Å². The van der Waals surface area contributed by atoms with Crippen molar-refractivity contribution >= 4 is 24.0 Å². The van der Waals surface area contributed by atoms with Gasteiger partial charge in [0, 0.05) is 24.2 Å². The van der Waals surface area contributed by atoms with Gasteiger partial charge in [-0.3, -0.25) is 9.59 Å². The van der Waals surface area contributed by atoms with Crippen LogP contribution in [0.4, 0.5) is 9.59 Å². The number of likely N-dealkylation sites (tertiary alicyclic amines) is 2. The van der Waals surface area contributed by atoms with Crippen LogP contribution in [0.3, 0.4) is 0 Å². The van der Waals surface area contributed by atoms with Crippen molar-refractivity contribution in [1.29, 1.82) is 0 Å². The van der Waals surface area contributed by atoms with Gasteiger partial charge >= 0.3 is 12.2 Å². The summed E-state index contributed by atoms with van der Waals surface area (Å²) < 4.78 is 9.56. The Balaban J connectivity index is 1.07. The van der Waals surface area contributed by atoms with Gasteiger partial charge < -0.3 is 39.9 Å². The smallest absolute Gasteiger partial charge is 0.407 e. The highest BCUT2D eigenvalue weighted by atomic mass is 16.5. The molecule has 2 aliphatic heterocycles. The third kappa shape index (κ3) is 10.1. The fraction of sp³-hybridized carbons (Fsp3) is 0.455. The summed E-state index contributed by atoms with van der Waals surface area (Å²) in [5.41, 5.74) is 5.31. The molecule has 0 radical (unpaired) electrons. The molecule has 14 nitrogen and oxygen atoms in total. The number of imidazole rings is 2. The fourth-order valence-corrected chi connectivity index (χ4v) is 7.73. The highest BCUT2D eigenvalue weighted by Gasteiger charge is 2.38. The van der Waals surface area contributed by atoms with Crippen molar-refractivity contribution in [3.8, 4) is 34.4 Å². The number of benzene rings is 2. The van der Waals surface area contributed by atoms with Crippen LogP contribution >= 0.6 is 0 Å². The van der Waals surface area contributed by atoms with Crippen LogP contribution in [-0.2, 0) is 19.1 Å². The average molecular weight is 791 g/mol. The van der Waals surface area contributed by atoms with Gasteiger partial charge in [-0.1, -0.05) is 63.8 Å². The molecule has 6 rings (SSSR count). The maximum Gasteiger partial charge on any atom is 0.407 e. The topological polar surface area (TPSA) is 175 Å². The lowest BCUT2D eigenvalue weighted by Gasteiger charge is -2.29. The van der Waals surface area contributed by atoms with Gasteiger partial charge in [0.15, 0.2) is 0 Å². The summed E-state index contributed by atoms with van der Waals surface area (Å²) in [6.45, 7) is 9.26. The zero-order valence-corrected chi connectivity index (χ0v) is 34.1. The first kappa shape index (κ1) is 41.5. The van der Waals surface area contributed by atoms with E-state index in [0.717, 1.165) is 71.0 Å². The molecule has 306 valence electrons. The Morgan fingerprint density at radius 3 is 1.40 bits per heavy atom. The number of nitrogens with zero attached hydrogens (tertiary/aromatic N) is 4. The van der Waals surface area contributed by atoms with E-state index in [2.05, 4.69) is 42.4 Å². The first-order valence-corrected chi connectivity index (χ1v) is 20.1. The van der Waals surface area contributed by atoms with Crippen LogP contribution in [0.15, 0.2) is 60.9 Å². The molecule has 4 heterocycles. The van der Waals surface area contributed by atoms with E-state index < -0.39 is 24.3 Å². The van der Waals surface area contributed by atoms with E-state index >= 15 is 0 Å². The molecule has 4 amide bonds. The molecule has 0 aliphatic carbocycles. The Hall–Kier alpha value is -6.10. The van der Waals surface area contributed by atoms with Crippen LogP contribution in [0.5, 0.6) is 0 Å². The van der Waals surface area contributed by atoms with E-state index in [1.807, 2.05) is 86.0 Å². The molecule has 4 atom stereocenters. The van der Waals surface area contributed by atoms with Crippen molar-refractivity contribution in [2.75, 3.05) is 27.3 Å². The van der Waals surface area contributed by atoms with Crippen molar-refractivity contribution < 1.29 is 28.7 Å². The second-order valence-corrected chi connectivity index (χ2v) is 15.8. The highest BCUT2D eigenvalue weighted by molar-refractivity contribution is 5.87. The number of hydrogen-bond acceptors (Lipinski definition) is 8. The molecule has 4 aromatic rings. The predicted molar refractivity (Wildman–Crippen MR) is 219 cm³/mol. The molecular weight excluding hydrogens is 737 g/mol. The lowest BCUT2D eigenvalue weighted by atomic mass is 10.0. The second kappa shape index (κ2) is 18.9. The van der Waals surface area contributed by atoms with Gasteiger partial charge in [-0.15, -0.1) is 0 Å². The summed E-state index contributed by atoms with van der Waals surface area (Å²) in [4.78, 5) is 71.0. The molecular formula is C44H54N8O6. The number of methoxy groups -OCH3 is 2. The number of H-pyrrole nitrogens is 2. The van der Waals surface area contributed by atoms with E-state index in [-0.39, 0.29) is 35.7 Å². The minimum absolute atomic E-state index is 0.128. The second-order valence-electron chi connectivity index (χ2n) is 15.8. The van der Waals surface area contributed by atoms with Crippen LogP contribution < -0.4 is 10.6 Å². The number of hydrogen-bond donors (Lipinski definition) is 4. The van der Waals surface area contributed by atoms with Gasteiger partial charge in [0.1, 0.15) is 23.7 Å². The van der Waals surface area contributed by atoms with Gasteiger partial charge in [0.2, 0.25) is 11.8 Å². The standard InChI is InChI=1S/C44H54N8O6/c1-27(2)23-33(49-43(55)57-5)41(53)51-21-7-9-37(51)39-45-25-35(47-39)31-17-13-29(14-18-31)11-12-30-15-19-32(20-16-30)36-26-46-40(48-36)38-10-8-22-52(38)42(54)34(24-28(3)4)50-44(56)58-6/h13-20,25-28,33-34,37-38H,7-10,21-24H2,1-6H3,(H,45,47)(H,46,48)(H,49,55)(H,50,56). The zero-order valence-electron chi connectivity index (χ0n) is 34.1. The maximum atomic E-state index is 13.6. The molecule has 2 aliphatic rings. The number of ether oxygens (including phenoxy) is 2. The van der Waals surface area contributed by atoms with Crippen molar-refractivity contribution in [2.45, 2.75) is 90.4 Å². The molecule has 0 saturated carbocycles. The van der Waals surface area contributed by atoms with Crippen LogP contribution in [-0.4, -0.2) is 93.1 Å². The molecule has 2 aromatic heterocycles. The summed E-state index contributed by atoms with van der Waals surface area (Å²) >= 11 is 0. The lowest BCUT2D eigenvalue weighted by Crippen LogP contribution is -2.49. The third-order valence-corrected chi connectivity index (χ3v) is 10.6. The van der Waals surface area contributed by atoms with Crippen LogP contribution in [0.1, 0.15) is 101 Å². The van der Waals surface area contributed by atoms with E-state index in [9.17, 15) is 19.2 Å². The number of rotatable bonds is 12. The van der Waals surface area contributed by atoms with Crippen molar-refractivity contribution in [3.63, 3.8) is 0 Å². The first-order valence-electron chi connectivity index (χ1n) is 20.1. The Morgan fingerprint density at radius 1 is 0.672 bits per heavy atom. The number of amides is 4. The maximum absolute atomic E-state index is 13.6. The van der Waals surface area contributed by atoms with E-state index in [1.54, 1.807) is 12.4 Å². The molecule has 4 unspecified atom stereocenters. The predicted octanol–water partition coefficient (Wildman–Crippen LogP) is 6.74. The lowest BCUT2D eigenvalue weighted by molar-refractivity contribution is -0.135. The van der Waals surface area contributed by atoms with Gasteiger partial charge in [-0.05, 0) is 85.8 Å². The number of aromatic nitrogens is 4. The molecule has 0 bridgehead atoms. The zero-order chi connectivity index (χ0) is 41.3. The Morgan fingerprint density at radius 2 is 1.05 bits per heavy atom. The van der Waals surface area contributed by atoms with Gasteiger partial charge in [0.05, 0.1) is 50.1 Å². The minimum atomic E-state index is -0.667. The van der Waals surface area contributed by atoms with Crippen molar-refractivity contribution in [1.82, 2.24) is 40.4 Å². The molecule has 14 heteroatoms. The van der Waals surface area contributed by atoms with Crippen LogP contribution in [0.2, 0.25) is 0 Å². The Bertz CT molecular complexity index is 1960. The number of carbonyl (C=O) groups is 4. The molecule has 4 N–H and O–H groups in total. The monoisotopic (exact) mass is 790 g/mol. The Kier molecular flexibility index (Phi) is 13.5. The van der Waals surface area contributed by atoms with E-state index in [0.29, 0.717) is 25.9 Å².